The van der Waals surface area contributed by atoms with Crippen LogP contribution in [0.3, 0.4) is 0 Å². The Morgan fingerprint density at radius 3 is 2.61 bits per heavy atom. The molecule has 8 nitrogen and oxygen atoms in total. The Morgan fingerprint density at radius 2 is 1.89 bits per heavy atom. The molecule has 2 N–H and O–H groups in total. The number of nitrogens with one attached hydrogen (secondary N) is 2. The summed E-state index contributed by atoms with van der Waals surface area (Å²) in [5.41, 5.74) is 3.88. The van der Waals surface area contributed by atoms with Gasteiger partial charge in [-0.3, -0.25) is 5.32 Å². The number of urea groups is 1. The molecule has 8 heteroatoms. The number of para-hydroxylation sites is 1. The number of aromatic nitrogens is 2. The minimum Gasteiger partial charge on any atom is -0.493 e. The highest BCUT2D eigenvalue weighted by molar-refractivity contribution is 5.99. The first-order chi connectivity index (χ1) is 13.5. The number of anilines is 2. The van der Waals surface area contributed by atoms with E-state index in [0.29, 0.717) is 29.5 Å². The molecule has 0 radical (unpaired) electrons. The van der Waals surface area contributed by atoms with E-state index in [0.717, 1.165) is 11.1 Å². The smallest absolute Gasteiger partial charge is 0.327 e. The number of benzene rings is 2. The summed E-state index contributed by atoms with van der Waals surface area (Å²) in [6.07, 6.45) is 0.492. The molecule has 3 aromatic rings. The Morgan fingerprint density at radius 1 is 1.07 bits per heavy atom. The molecule has 0 saturated heterocycles. The topological polar surface area (TPSA) is 98.5 Å². The zero-order valence-corrected chi connectivity index (χ0v) is 16.2. The van der Waals surface area contributed by atoms with Crippen molar-refractivity contribution in [1.82, 2.24) is 10.2 Å². The fourth-order valence-electron chi connectivity index (χ4n) is 2.82. The van der Waals surface area contributed by atoms with Gasteiger partial charge in [-0.05, 0) is 37.1 Å². The van der Waals surface area contributed by atoms with Gasteiger partial charge in [0.15, 0.2) is 11.5 Å². The molecule has 0 atom stereocenters. The molecule has 28 heavy (non-hydrogen) atoms. The number of rotatable bonds is 6. The van der Waals surface area contributed by atoms with E-state index in [1.165, 1.54) is 19.8 Å². The Hall–Kier alpha value is -3.55. The number of ether oxygens (including phenoxy) is 2. The van der Waals surface area contributed by atoms with E-state index in [9.17, 15) is 4.79 Å². The van der Waals surface area contributed by atoms with Gasteiger partial charge >= 0.3 is 12.0 Å². The van der Waals surface area contributed by atoms with Crippen LogP contribution in [-0.2, 0) is 6.42 Å². The van der Waals surface area contributed by atoms with Crippen molar-refractivity contribution in [3.63, 3.8) is 0 Å². The van der Waals surface area contributed by atoms with Crippen LogP contribution in [0.5, 0.6) is 11.5 Å². The van der Waals surface area contributed by atoms with Gasteiger partial charge < -0.3 is 19.2 Å². The average Bonchev–Trinajstić information content (AvgIpc) is 3.10. The summed E-state index contributed by atoms with van der Waals surface area (Å²) in [7, 11) is 3.02. The van der Waals surface area contributed by atoms with Crippen molar-refractivity contribution >= 4 is 17.7 Å². The van der Waals surface area contributed by atoms with Gasteiger partial charge in [-0.15, -0.1) is 5.10 Å². The van der Waals surface area contributed by atoms with Crippen molar-refractivity contribution in [2.75, 3.05) is 24.9 Å². The van der Waals surface area contributed by atoms with Crippen molar-refractivity contribution in [3.05, 3.63) is 59.0 Å². The molecule has 0 saturated carbocycles. The summed E-state index contributed by atoms with van der Waals surface area (Å²) in [5, 5.41) is 13.1. The van der Waals surface area contributed by atoms with Gasteiger partial charge in [0.2, 0.25) is 5.89 Å². The summed E-state index contributed by atoms with van der Waals surface area (Å²) in [4.78, 5) is 12.3. The summed E-state index contributed by atoms with van der Waals surface area (Å²) in [6, 6.07) is 10.8. The zero-order valence-electron chi connectivity index (χ0n) is 16.2. The van der Waals surface area contributed by atoms with Crippen LogP contribution < -0.4 is 20.1 Å². The molecule has 0 fully saturated rings. The van der Waals surface area contributed by atoms with Gasteiger partial charge in [-0.25, -0.2) is 4.79 Å². The molecule has 2 amide bonds. The largest absolute Gasteiger partial charge is 0.493 e. The van der Waals surface area contributed by atoms with Crippen LogP contribution in [-0.4, -0.2) is 30.4 Å². The lowest BCUT2D eigenvalue weighted by Gasteiger charge is -2.12. The maximum absolute atomic E-state index is 12.3. The summed E-state index contributed by atoms with van der Waals surface area (Å²) in [5.74, 6) is 1.34. The van der Waals surface area contributed by atoms with Crippen molar-refractivity contribution in [1.29, 1.82) is 0 Å². The molecule has 3 rings (SSSR count). The Kier molecular flexibility index (Phi) is 5.78. The normalized spacial score (nSPS) is 10.4. The highest BCUT2D eigenvalue weighted by Gasteiger charge is 2.15. The number of carbonyl (C=O) groups is 1. The van der Waals surface area contributed by atoms with Gasteiger partial charge in [0, 0.05) is 0 Å². The van der Waals surface area contributed by atoms with Crippen LogP contribution in [0.2, 0.25) is 0 Å². The molecular weight excluding hydrogens is 360 g/mol. The van der Waals surface area contributed by atoms with Crippen molar-refractivity contribution in [2.45, 2.75) is 20.3 Å². The molecule has 0 bridgehead atoms. The third-order valence-electron chi connectivity index (χ3n) is 4.18. The fraction of sp³-hybridized carbons (Fsp3) is 0.250. The first kappa shape index (κ1) is 19.2. The van der Waals surface area contributed by atoms with Gasteiger partial charge in [0.1, 0.15) is 0 Å². The quantitative estimate of drug-likeness (QED) is 0.670. The van der Waals surface area contributed by atoms with Crippen LogP contribution in [0.1, 0.15) is 22.6 Å². The Balaban J connectivity index is 1.66. The van der Waals surface area contributed by atoms with Gasteiger partial charge in [0.05, 0.1) is 26.3 Å². The van der Waals surface area contributed by atoms with Crippen molar-refractivity contribution < 1.29 is 18.7 Å². The standard InChI is InChI=1S/C20H22N4O4/c1-12-8-9-14(13(2)10-12)11-17-23-24-20(28-17)22-19(25)21-15-6-5-7-16(26-3)18(15)27-4/h5-10H,11H2,1-4H3,(H2,21,22,24,25). The third-order valence-corrected chi connectivity index (χ3v) is 4.18. The van der Waals surface area contributed by atoms with Crippen molar-refractivity contribution in [3.8, 4) is 11.5 Å². The lowest BCUT2D eigenvalue weighted by molar-refractivity contribution is 0.261. The monoisotopic (exact) mass is 382 g/mol. The first-order valence-electron chi connectivity index (χ1n) is 8.67. The Bertz CT molecular complexity index is 984. The maximum atomic E-state index is 12.3. The molecule has 146 valence electrons. The van der Waals surface area contributed by atoms with Gasteiger partial charge in [-0.2, -0.15) is 0 Å². The molecule has 0 aliphatic carbocycles. The van der Waals surface area contributed by atoms with E-state index in [1.54, 1.807) is 18.2 Å². The lowest BCUT2D eigenvalue weighted by atomic mass is 10.0. The molecule has 1 aromatic heterocycles. The summed E-state index contributed by atoms with van der Waals surface area (Å²) < 4.78 is 16.0. The molecule has 0 aliphatic rings. The molecule has 1 heterocycles. The molecular formula is C20H22N4O4. The average molecular weight is 382 g/mol. The van der Waals surface area contributed by atoms with Gasteiger partial charge in [0.25, 0.3) is 0 Å². The van der Waals surface area contributed by atoms with E-state index in [4.69, 9.17) is 13.9 Å². The second-order valence-corrected chi connectivity index (χ2v) is 6.23. The van der Waals surface area contributed by atoms with Crippen LogP contribution in [0.25, 0.3) is 0 Å². The highest BCUT2D eigenvalue weighted by Crippen LogP contribution is 2.34. The highest BCUT2D eigenvalue weighted by atomic mass is 16.5. The van der Waals surface area contributed by atoms with E-state index < -0.39 is 6.03 Å². The number of hydrogen-bond donors (Lipinski definition) is 2. The summed E-state index contributed by atoms with van der Waals surface area (Å²) in [6.45, 7) is 4.08. The fourth-order valence-corrected chi connectivity index (χ4v) is 2.82. The van der Waals surface area contributed by atoms with E-state index in [2.05, 4.69) is 26.9 Å². The van der Waals surface area contributed by atoms with E-state index in [-0.39, 0.29) is 6.01 Å². The predicted octanol–water partition coefficient (Wildman–Crippen LogP) is 3.94. The van der Waals surface area contributed by atoms with E-state index >= 15 is 0 Å². The van der Waals surface area contributed by atoms with Crippen molar-refractivity contribution in [2.24, 2.45) is 0 Å². The second kappa shape index (κ2) is 8.43. The number of carbonyl (C=O) groups excluding carboxylic acids is 1. The molecule has 0 aliphatic heterocycles. The number of nitrogens with zero attached hydrogens (tertiary/aromatic N) is 2. The molecule has 0 spiro atoms. The molecule has 2 aromatic carbocycles. The zero-order chi connectivity index (χ0) is 20.1. The molecule has 0 unspecified atom stereocenters. The van der Waals surface area contributed by atoms with Crippen LogP contribution in [0.15, 0.2) is 40.8 Å². The van der Waals surface area contributed by atoms with Gasteiger partial charge in [-0.1, -0.05) is 34.9 Å². The third kappa shape index (κ3) is 4.40. The number of hydrogen-bond acceptors (Lipinski definition) is 6. The SMILES string of the molecule is COc1cccc(NC(=O)Nc2nnc(Cc3ccc(C)cc3C)o2)c1OC. The number of methoxy groups -OCH3 is 2. The lowest BCUT2D eigenvalue weighted by Crippen LogP contribution is -2.20. The van der Waals surface area contributed by atoms with Crippen LogP contribution >= 0.6 is 0 Å². The Labute approximate surface area is 162 Å². The number of aryl methyl sites for hydroxylation is 2. The maximum Gasteiger partial charge on any atom is 0.327 e. The minimum absolute atomic E-state index is 0.0131. The van der Waals surface area contributed by atoms with E-state index in [1.807, 2.05) is 26.0 Å². The minimum atomic E-state index is -0.534. The first-order valence-corrected chi connectivity index (χ1v) is 8.67. The second-order valence-electron chi connectivity index (χ2n) is 6.23. The van der Waals surface area contributed by atoms with Crippen LogP contribution in [0.4, 0.5) is 16.5 Å². The number of amides is 2. The van der Waals surface area contributed by atoms with Crippen LogP contribution in [0, 0.1) is 13.8 Å². The predicted molar refractivity (Wildman–Crippen MR) is 105 cm³/mol. The summed E-state index contributed by atoms with van der Waals surface area (Å²) >= 11 is 0.